The predicted octanol–water partition coefficient (Wildman–Crippen LogP) is 1.30. The fourth-order valence-electron chi connectivity index (χ4n) is 4.18. The largest absolute Gasteiger partial charge is 0.497 e. The van der Waals surface area contributed by atoms with Crippen LogP contribution in [0.15, 0.2) is 24.3 Å². The van der Waals surface area contributed by atoms with Gasteiger partial charge < -0.3 is 24.8 Å². The van der Waals surface area contributed by atoms with Crippen LogP contribution in [0.2, 0.25) is 0 Å². The van der Waals surface area contributed by atoms with Gasteiger partial charge in [0.2, 0.25) is 5.91 Å². The number of hydrogen-bond acceptors (Lipinski definition) is 6. The summed E-state index contributed by atoms with van der Waals surface area (Å²) < 4.78 is 16.2. The minimum atomic E-state index is -0.611. The average molecular weight is 434 g/mol. The van der Waals surface area contributed by atoms with Crippen molar-refractivity contribution in [1.29, 1.82) is 0 Å². The van der Waals surface area contributed by atoms with E-state index in [1.807, 2.05) is 13.8 Å². The van der Waals surface area contributed by atoms with Crippen LogP contribution in [0.25, 0.3) is 0 Å². The van der Waals surface area contributed by atoms with Gasteiger partial charge in [-0.25, -0.2) is 0 Å². The number of benzene rings is 1. The van der Waals surface area contributed by atoms with E-state index in [9.17, 15) is 9.59 Å². The summed E-state index contributed by atoms with van der Waals surface area (Å²) in [7, 11) is 1.58. The number of nitrogens with one attached hydrogen (secondary N) is 2. The maximum absolute atomic E-state index is 13.0. The molecule has 0 radical (unpaired) electrons. The number of hydrogen-bond donors (Lipinski definition) is 2. The summed E-state index contributed by atoms with van der Waals surface area (Å²) in [6.45, 7) is 9.04. The third kappa shape index (κ3) is 6.41. The van der Waals surface area contributed by atoms with Gasteiger partial charge in [0.25, 0.3) is 5.91 Å². The summed E-state index contributed by atoms with van der Waals surface area (Å²) >= 11 is 0. The zero-order valence-corrected chi connectivity index (χ0v) is 18.8. The number of amides is 2. The zero-order chi connectivity index (χ0) is 22.2. The molecule has 2 amide bonds. The Kier molecular flexibility index (Phi) is 8.69. The molecular formula is C23H35N3O5. The highest BCUT2D eigenvalue weighted by Gasteiger charge is 2.33. The van der Waals surface area contributed by atoms with E-state index in [4.69, 9.17) is 14.2 Å². The molecule has 3 atom stereocenters. The maximum atomic E-state index is 13.0. The molecule has 0 saturated carbocycles. The standard InChI is InChI=1S/C23H35N3O5/c1-16(2)21(25-22(27)17-4-6-19(29-3)7-5-17)23(28)24-14-20(18-8-11-31-15-18)26-9-12-30-13-10-26/h4-7,16,18,20-21H,8-15H2,1-3H3,(H,24,28)(H,25,27). The van der Waals surface area contributed by atoms with Crippen LogP contribution >= 0.6 is 0 Å². The van der Waals surface area contributed by atoms with Gasteiger partial charge in [-0.2, -0.15) is 0 Å². The summed E-state index contributed by atoms with van der Waals surface area (Å²) in [6.07, 6.45) is 1.000. The minimum absolute atomic E-state index is 0.0427. The van der Waals surface area contributed by atoms with Crippen molar-refractivity contribution in [3.05, 3.63) is 29.8 Å². The molecule has 31 heavy (non-hydrogen) atoms. The Morgan fingerprint density at radius 1 is 1.13 bits per heavy atom. The van der Waals surface area contributed by atoms with Crippen LogP contribution in [0.4, 0.5) is 0 Å². The topological polar surface area (TPSA) is 89.1 Å². The van der Waals surface area contributed by atoms with Crippen molar-refractivity contribution >= 4 is 11.8 Å². The zero-order valence-electron chi connectivity index (χ0n) is 18.8. The first-order chi connectivity index (χ1) is 15.0. The molecule has 2 aliphatic heterocycles. The van der Waals surface area contributed by atoms with E-state index in [0.29, 0.717) is 37.0 Å². The van der Waals surface area contributed by atoms with Gasteiger partial charge in [-0.1, -0.05) is 13.8 Å². The second-order valence-corrected chi connectivity index (χ2v) is 8.51. The Bertz CT molecular complexity index is 712. The molecule has 8 nitrogen and oxygen atoms in total. The Morgan fingerprint density at radius 3 is 2.42 bits per heavy atom. The molecule has 0 spiro atoms. The molecule has 0 bridgehead atoms. The lowest BCUT2D eigenvalue weighted by atomic mass is 9.96. The number of carbonyl (C=O) groups is 2. The third-order valence-corrected chi connectivity index (χ3v) is 6.10. The maximum Gasteiger partial charge on any atom is 0.251 e. The SMILES string of the molecule is COc1ccc(C(=O)NC(C(=O)NCC(C2CCOC2)N2CCOCC2)C(C)C)cc1. The first-order valence-corrected chi connectivity index (χ1v) is 11.1. The molecule has 8 heteroatoms. The predicted molar refractivity (Wildman–Crippen MR) is 117 cm³/mol. The number of nitrogens with zero attached hydrogens (tertiary/aromatic N) is 1. The van der Waals surface area contributed by atoms with E-state index < -0.39 is 6.04 Å². The number of rotatable bonds is 9. The molecule has 2 heterocycles. The molecule has 2 N–H and O–H groups in total. The smallest absolute Gasteiger partial charge is 0.251 e. The summed E-state index contributed by atoms with van der Waals surface area (Å²) in [5.41, 5.74) is 0.494. The molecule has 0 aromatic heterocycles. The Balaban J connectivity index is 1.60. The number of carbonyl (C=O) groups excluding carboxylic acids is 2. The van der Waals surface area contributed by atoms with E-state index in [2.05, 4.69) is 15.5 Å². The fraction of sp³-hybridized carbons (Fsp3) is 0.652. The summed E-state index contributed by atoms with van der Waals surface area (Å²) in [5.74, 6) is 0.600. The normalized spacial score (nSPS) is 21.5. The van der Waals surface area contributed by atoms with Gasteiger partial charge in [0.1, 0.15) is 11.8 Å². The number of ether oxygens (including phenoxy) is 3. The first-order valence-electron chi connectivity index (χ1n) is 11.1. The van der Waals surface area contributed by atoms with Crippen molar-refractivity contribution in [3.63, 3.8) is 0 Å². The molecule has 2 saturated heterocycles. The van der Waals surface area contributed by atoms with Gasteiger partial charge in [0, 0.05) is 43.8 Å². The van der Waals surface area contributed by atoms with Crippen LogP contribution in [0, 0.1) is 11.8 Å². The molecule has 3 rings (SSSR count). The van der Waals surface area contributed by atoms with E-state index in [1.165, 1.54) is 0 Å². The molecule has 3 unspecified atom stereocenters. The van der Waals surface area contributed by atoms with E-state index in [-0.39, 0.29) is 23.8 Å². The van der Waals surface area contributed by atoms with Gasteiger partial charge in [0.05, 0.1) is 26.9 Å². The summed E-state index contributed by atoms with van der Waals surface area (Å²) in [6, 6.07) is 6.45. The molecule has 2 aliphatic rings. The molecular weight excluding hydrogens is 398 g/mol. The van der Waals surface area contributed by atoms with Crippen molar-refractivity contribution in [1.82, 2.24) is 15.5 Å². The average Bonchev–Trinajstić information content (AvgIpc) is 3.32. The Morgan fingerprint density at radius 2 is 1.84 bits per heavy atom. The monoisotopic (exact) mass is 433 g/mol. The summed E-state index contributed by atoms with van der Waals surface area (Å²) in [4.78, 5) is 28.1. The second kappa shape index (κ2) is 11.5. The van der Waals surface area contributed by atoms with Gasteiger partial charge in [-0.15, -0.1) is 0 Å². The van der Waals surface area contributed by atoms with Crippen LogP contribution in [-0.4, -0.2) is 82.0 Å². The van der Waals surface area contributed by atoms with Gasteiger partial charge in [0.15, 0.2) is 0 Å². The lowest BCUT2D eigenvalue weighted by Crippen LogP contribution is -2.55. The summed E-state index contributed by atoms with van der Waals surface area (Å²) in [5, 5.41) is 5.99. The third-order valence-electron chi connectivity index (χ3n) is 6.10. The van der Waals surface area contributed by atoms with Gasteiger partial charge in [-0.05, 0) is 36.6 Å². The van der Waals surface area contributed by atoms with Crippen molar-refractivity contribution in [3.8, 4) is 5.75 Å². The minimum Gasteiger partial charge on any atom is -0.497 e. The van der Waals surface area contributed by atoms with Crippen molar-refractivity contribution in [2.75, 3.05) is 53.2 Å². The first kappa shape index (κ1) is 23.5. The van der Waals surface area contributed by atoms with Gasteiger partial charge in [-0.3, -0.25) is 14.5 Å². The molecule has 1 aromatic carbocycles. The molecule has 2 fully saturated rings. The van der Waals surface area contributed by atoms with Crippen LogP contribution in [0.3, 0.4) is 0 Å². The molecule has 172 valence electrons. The number of methoxy groups -OCH3 is 1. The Labute approximate surface area is 184 Å². The van der Waals surface area contributed by atoms with E-state index >= 15 is 0 Å². The van der Waals surface area contributed by atoms with Crippen molar-refractivity contribution in [2.24, 2.45) is 11.8 Å². The fourth-order valence-corrected chi connectivity index (χ4v) is 4.18. The highest BCUT2D eigenvalue weighted by molar-refractivity contribution is 5.97. The van der Waals surface area contributed by atoms with Crippen molar-refractivity contribution in [2.45, 2.75) is 32.4 Å². The second-order valence-electron chi connectivity index (χ2n) is 8.51. The van der Waals surface area contributed by atoms with E-state index in [0.717, 1.165) is 32.7 Å². The van der Waals surface area contributed by atoms with Crippen molar-refractivity contribution < 1.29 is 23.8 Å². The van der Waals surface area contributed by atoms with Crippen LogP contribution < -0.4 is 15.4 Å². The highest BCUT2D eigenvalue weighted by atomic mass is 16.5. The van der Waals surface area contributed by atoms with E-state index in [1.54, 1.807) is 31.4 Å². The lowest BCUT2D eigenvalue weighted by molar-refractivity contribution is -0.124. The van der Waals surface area contributed by atoms with Crippen LogP contribution in [-0.2, 0) is 14.3 Å². The quantitative estimate of drug-likeness (QED) is 0.610. The molecule has 0 aliphatic carbocycles. The Hall–Kier alpha value is -2.16. The highest BCUT2D eigenvalue weighted by Crippen LogP contribution is 2.22. The van der Waals surface area contributed by atoms with Crippen LogP contribution in [0.5, 0.6) is 5.75 Å². The van der Waals surface area contributed by atoms with Gasteiger partial charge >= 0.3 is 0 Å². The lowest BCUT2D eigenvalue weighted by Gasteiger charge is -2.37. The number of morpholine rings is 1. The van der Waals surface area contributed by atoms with Crippen LogP contribution in [0.1, 0.15) is 30.6 Å². The molecule has 1 aromatic rings.